The Labute approximate surface area is 157 Å². The minimum atomic E-state index is -4.35. The van der Waals surface area contributed by atoms with Crippen molar-refractivity contribution in [1.29, 1.82) is 0 Å². The van der Waals surface area contributed by atoms with E-state index < -0.39 is 50.9 Å². The van der Waals surface area contributed by atoms with Crippen LogP contribution in [0.4, 0.5) is 5.69 Å². The molecule has 0 fully saturated rings. The summed E-state index contributed by atoms with van der Waals surface area (Å²) in [6.45, 7) is 3.10. The number of carboxylic acid groups (broad SMARTS) is 2. The SMILES string of the molecule is Cc1cc(C)c(S(=O)(=O)NC(CCC(=O)O)C(=O)O)cc1N(C)S(C)(=O)=O. The number of sulfonamides is 2. The van der Waals surface area contributed by atoms with Crippen molar-refractivity contribution >= 4 is 37.7 Å². The molecule has 0 aromatic heterocycles. The Hall–Kier alpha value is -2.18. The normalized spacial score (nSPS) is 13.2. The van der Waals surface area contributed by atoms with E-state index in [2.05, 4.69) is 0 Å². The average Bonchev–Trinajstić information content (AvgIpc) is 2.49. The van der Waals surface area contributed by atoms with Crippen molar-refractivity contribution in [3.63, 3.8) is 0 Å². The Bertz CT molecular complexity index is 954. The lowest BCUT2D eigenvalue weighted by Crippen LogP contribution is -2.41. The summed E-state index contributed by atoms with van der Waals surface area (Å²) in [7, 11) is -6.73. The van der Waals surface area contributed by atoms with Crippen molar-refractivity contribution in [1.82, 2.24) is 4.72 Å². The monoisotopic (exact) mass is 422 g/mol. The van der Waals surface area contributed by atoms with E-state index in [0.717, 1.165) is 16.6 Å². The van der Waals surface area contributed by atoms with Gasteiger partial charge in [-0.15, -0.1) is 0 Å². The Kier molecular flexibility index (Phi) is 6.97. The maximum absolute atomic E-state index is 12.7. The Morgan fingerprint density at radius 3 is 2.11 bits per heavy atom. The summed E-state index contributed by atoms with van der Waals surface area (Å²) < 4.78 is 51.8. The fourth-order valence-corrected chi connectivity index (χ4v) is 4.40. The van der Waals surface area contributed by atoms with Crippen LogP contribution in [0.1, 0.15) is 24.0 Å². The topological polar surface area (TPSA) is 158 Å². The van der Waals surface area contributed by atoms with Gasteiger partial charge in [0.1, 0.15) is 6.04 Å². The second-order valence-corrected chi connectivity index (χ2v) is 9.78. The molecular weight excluding hydrogens is 400 g/mol. The van der Waals surface area contributed by atoms with E-state index in [1.54, 1.807) is 6.92 Å². The first-order valence-corrected chi connectivity index (χ1v) is 11.0. The first-order chi connectivity index (χ1) is 12.2. The molecule has 0 saturated heterocycles. The number of nitrogens with one attached hydrogen (secondary N) is 1. The summed E-state index contributed by atoms with van der Waals surface area (Å²) in [5.41, 5.74) is 0.925. The first kappa shape index (κ1) is 22.9. The Morgan fingerprint density at radius 2 is 1.67 bits per heavy atom. The van der Waals surface area contributed by atoms with E-state index in [0.29, 0.717) is 5.56 Å². The van der Waals surface area contributed by atoms with Crippen LogP contribution >= 0.6 is 0 Å². The minimum absolute atomic E-state index is 0.126. The molecule has 27 heavy (non-hydrogen) atoms. The first-order valence-electron chi connectivity index (χ1n) is 7.69. The maximum atomic E-state index is 12.7. The molecule has 0 spiro atoms. The lowest BCUT2D eigenvalue weighted by molar-refractivity contribution is -0.140. The number of rotatable bonds is 9. The zero-order chi connectivity index (χ0) is 21.2. The number of benzene rings is 1. The molecule has 0 heterocycles. The quantitative estimate of drug-likeness (QED) is 0.512. The van der Waals surface area contributed by atoms with Crippen LogP contribution in [-0.2, 0) is 29.6 Å². The number of hydrogen-bond donors (Lipinski definition) is 3. The minimum Gasteiger partial charge on any atom is -0.481 e. The highest BCUT2D eigenvalue weighted by Gasteiger charge is 2.28. The summed E-state index contributed by atoms with van der Waals surface area (Å²) in [6.07, 6.45) is -0.00951. The molecule has 1 rings (SSSR count). The van der Waals surface area contributed by atoms with Crippen LogP contribution < -0.4 is 9.03 Å². The highest BCUT2D eigenvalue weighted by molar-refractivity contribution is 7.92. The van der Waals surface area contributed by atoms with Gasteiger partial charge in [-0.3, -0.25) is 13.9 Å². The van der Waals surface area contributed by atoms with Gasteiger partial charge in [0, 0.05) is 13.5 Å². The Balaban J connectivity index is 3.37. The largest absolute Gasteiger partial charge is 0.481 e. The van der Waals surface area contributed by atoms with E-state index in [1.807, 2.05) is 4.72 Å². The van der Waals surface area contributed by atoms with Gasteiger partial charge in [-0.2, -0.15) is 4.72 Å². The van der Waals surface area contributed by atoms with E-state index >= 15 is 0 Å². The zero-order valence-corrected chi connectivity index (χ0v) is 16.9. The summed E-state index contributed by atoms with van der Waals surface area (Å²) >= 11 is 0. The molecule has 1 aromatic rings. The molecule has 0 radical (unpaired) electrons. The summed E-state index contributed by atoms with van der Waals surface area (Å²) in [4.78, 5) is 21.6. The van der Waals surface area contributed by atoms with Crippen LogP contribution in [0.3, 0.4) is 0 Å². The second kappa shape index (κ2) is 8.23. The maximum Gasteiger partial charge on any atom is 0.321 e. The van der Waals surface area contributed by atoms with Crippen molar-refractivity contribution in [3.8, 4) is 0 Å². The number of nitrogens with zero attached hydrogens (tertiary/aromatic N) is 1. The van der Waals surface area contributed by atoms with Crippen molar-refractivity contribution in [2.24, 2.45) is 0 Å². The zero-order valence-electron chi connectivity index (χ0n) is 15.3. The molecular formula is C15H22N2O8S2. The van der Waals surface area contributed by atoms with Crippen molar-refractivity contribution < 1.29 is 36.6 Å². The fourth-order valence-electron chi connectivity index (χ4n) is 2.38. The van der Waals surface area contributed by atoms with Gasteiger partial charge < -0.3 is 10.2 Å². The summed E-state index contributed by atoms with van der Waals surface area (Å²) in [5.74, 6) is -2.78. The number of carbonyl (C=O) groups is 2. The number of carboxylic acids is 2. The third kappa shape index (κ3) is 5.91. The van der Waals surface area contributed by atoms with Crippen molar-refractivity contribution in [2.75, 3.05) is 17.6 Å². The summed E-state index contributed by atoms with van der Waals surface area (Å²) in [5, 5.41) is 17.8. The predicted octanol–water partition coefficient (Wildman–Crippen LogP) is 0.296. The van der Waals surface area contributed by atoms with Gasteiger partial charge in [0.05, 0.1) is 16.8 Å². The molecule has 10 nitrogen and oxygen atoms in total. The highest BCUT2D eigenvalue weighted by Crippen LogP contribution is 2.28. The fraction of sp³-hybridized carbons (Fsp3) is 0.467. The smallest absolute Gasteiger partial charge is 0.321 e. The predicted molar refractivity (Wildman–Crippen MR) is 97.8 cm³/mol. The van der Waals surface area contributed by atoms with Gasteiger partial charge in [0.2, 0.25) is 20.0 Å². The molecule has 1 atom stereocenters. The third-order valence-electron chi connectivity index (χ3n) is 3.86. The molecule has 0 bridgehead atoms. The molecule has 152 valence electrons. The molecule has 0 saturated carbocycles. The lowest BCUT2D eigenvalue weighted by atomic mass is 10.1. The molecule has 1 aromatic carbocycles. The molecule has 1 unspecified atom stereocenters. The summed E-state index contributed by atoms with van der Waals surface area (Å²) in [6, 6.07) is 0.978. The molecule has 0 aliphatic rings. The van der Waals surface area contributed by atoms with E-state index in [9.17, 15) is 26.4 Å². The molecule has 3 N–H and O–H groups in total. The average molecular weight is 422 g/mol. The lowest BCUT2D eigenvalue weighted by Gasteiger charge is -2.22. The molecule has 12 heteroatoms. The van der Waals surface area contributed by atoms with Gasteiger partial charge in [0.15, 0.2) is 0 Å². The number of hydrogen-bond acceptors (Lipinski definition) is 6. The van der Waals surface area contributed by atoms with E-state index in [1.165, 1.54) is 20.0 Å². The van der Waals surface area contributed by atoms with Crippen LogP contribution in [0.5, 0.6) is 0 Å². The van der Waals surface area contributed by atoms with E-state index in [-0.39, 0.29) is 16.1 Å². The van der Waals surface area contributed by atoms with Crippen molar-refractivity contribution in [2.45, 2.75) is 37.6 Å². The number of anilines is 1. The molecule has 0 aliphatic heterocycles. The van der Waals surface area contributed by atoms with Crippen LogP contribution in [-0.4, -0.2) is 58.3 Å². The van der Waals surface area contributed by atoms with Gasteiger partial charge in [-0.25, -0.2) is 16.8 Å². The number of aryl methyl sites for hydroxylation is 2. The highest BCUT2D eigenvalue weighted by atomic mass is 32.2. The second-order valence-electron chi connectivity index (χ2n) is 6.08. The molecule has 0 aliphatic carbocycles. The van der Waals surface area contributed by atoms with Crippen LogP contribution in [0.25, 0.3) is 0 Å². The molecule has 0 amide bonds. The van der Waals surface area contributed by atoms with Crippen LogP contribution in [0, 0.1) is 13.8 Å². The Morgan fingerprint density at radius 1 is 1.11 bits per heavy atom. The van der Waals surface area contributed by atoms with E-state index in [4.69, 9.17) is 10.2 Å². The number of aliphatic carboxylic acids is 2. The van der Waals surface area contributed by atoms with Crippen molar-refractivity contribution in [3.05, 3.63) is 23.3 Å². The van der Waals surface area contributed by atoms with Crippen LogP contribution in [0.2, 0.25) is 0 Å². The third-order valence-corrected chi connectivity index (χ3v) is 6.67. The van der Waals surface area contributed by atoms with Gasteiger partial charge in [-0.1, -0.05) is 6.07 Å². The van der Waals surface area contributed by atoms with Crippen LogP contribution in [0.15, 0.2) is 17.0 Å². The van der Waals surface area contributed by atoms with Gasteiger partial charge in [-0.05, 0) is 37.5 Å². The van der Waals surface area contributed by atoms with Gasteiger partial charge in [0.25, 0.3) is 0 Å². The standard InChI is InChI=1S/C15H22N2O8S2/c1-9-7-10(2)13(8-12(9)17(3)26(4,22)23)27(24,25)16-11(15(20)21)5-6-14(18)19/h7-8,11,16H,5-6H2,1-4H3,(H,18,19)(H,20,21). The van der Waals surface area contributed by atoms with Gasteiger partial charge >= 0.3 is 11.9 Å².